The normalized spacial score (nSPS) is 41.3. The van der Waals surface area contributed by atoms with E-state index in [-0.39, 0.29) is 40.8 Å². The molecule has 26 heavy (non-hydrogen) atoms. The molecule has 1 aliphatic heterocycles. The molecule has 3 fully saturated rings. The first kappa shape index (κ1) is 19.6. The van der Waals surface area contributed by atoms with Gasteiger partial charge in [-0.05, 0) is 51.4 Å². The van der Waals surface area contributed by atoms with E-state index in [9.17, 15) is 4.79 Å². The first-order valence-corrected chi connectivity index (χ1v) is 9.97. The van der Waals surface area contributed by atoms with E-state index in [0.717, 1.165) is 38.5 Å². The zero-order valence-corrected chi connectivity index (χ0v) is 16.8. The van der Waals surface area contributed by atoms with Gasteiger partial charge in [-0.2, -0.15) is 0 Å². The van der Waals surface area contributed by atoms with Crippen molar-refractivity contribution in [2.45, 2.75) is 71.5 Å². The summed E-state index contributed by atoms with van der Waals surface area (Å²) in [5.74, 6) is 0.247. The minimum Gasteiger partial charge on any atom is -0.462 e. The highest BCUT2D eigenvalue weighted by atomic mass is 16.7. The van der Waals surface area contributed by atoms with Gasteiger partial charge in [0.2, 0.25) is 0 Å². The molecule has 0 N–H and O–H groups in total. The van der Waals surface area contributed by atoms with Gasteiger partial charge in [0.15, 0.2) is 0 Å². The highest BCUT2D eigenvalue weighted by molar-refractivity contribution is 5.76. The maximum absolute atomic E-state index is 12.6. The Morgan fingerprint density at radius 2 is 2.19 bits per heavy atom. The Hall–Kier alpha value is -1.13. The summed E-state index contributed by atoms with van der Waals surface area (Å²) in [6.45, 7) is 11.1. The maximum atomic E-state index is 12.6. The molecule has 0 unspecified atom stereocenters. The third-order valence-corrected chi connectivity index (χ3v) is 7.26. The van der Waals surface area contributed by atoms with E-state index < -0.39 is 0 Å². The summed E-state index contributed by atoms with van der Waals surface area (Å²) in [6, 6.07) is 0. The maximum Gasteiger partial charge on any atom is 0.309 e. The Kier molecular flexibility index (Phi) is 5.64. The predicted molar refractivity (Wildman–Crippen MR) is 101 cm³/mol. The van der Waals surface area contributed by atoms with Crippen LogP contribution in [0.4, 0.5) is 0 Å². The van der Waals surface area contributed by atoms with E-state index in [1.165, 1.54) is 5.57 Å². The molecule has 4 nitrogen and oxygen atoms in total. The van der Waals surface area contributed by atoms with Crippen LogP contribution in [-0.2, 0) is 19.0 Å². The van der Waals surface area contributed by atoms with Crippen molar-refractivity contribution in [1.82, 2.24) is 0 Å². The Morgan fingerprint density at radius 3 is 2.85 bits per heavy atom. The molecule has 6 atom stereocenters. The summed E-state index contributed by atoms with van der Waals surface area (Å²) in [7, 11) is 1.66. The molecule has 0 aromatic heterocycles. The number of hydrogen-bond donors (Lipinski definition) is 0. The molecule has 0 aromatic rings. The second-order valence-electron chi connectivity index (χ2n) is 8.79. The van der Waals surface area contributed by atoms with Crippen LogP contribution >= 0.6 is 0 Å². The number of ether oxygens (including phenoxy) is 3. The van der Waals surface area contributed by atoms with Crippen molar-refractivity contribution in [3.8, 4) is 0 Å². The molecule has 1 heterocycles. The van der Waals surface area contributed by atoms with Crippen LogP contribution in [0.2, 0.25) is 0 Å². The van der Waals surface area contributed by atoms with Gasteiger partial charge in [-0.15, -0.1) is 6.58 Å². The number of fused-ring (bicyclic) bond motifs is 3. The second-order valence-corrected chi connectivity index (χ2v) is 8.79. The monoisotopic (exact) mass is 362 g/mol. The Bertz CT molecular complexity index is 579. The highest BCUT2D eigenvalue weighted by Gasteiger charge is 2.69. The van der Waals surface area contributed by atoms with Crippen LogP contribution < -0.4 is 0 Å². The Balaban J connectivity index is 1.89. The van der Waals surface area contributed by atoms with Crippen LogP contribution in [0.1, 0.15) is 59.3 Å². The predicted octanol–water partition coefficient (Wildman–Crippen LogP) is 4.65. The van der Waals surface area contributed by atoms with Crippen molar-refractivity contribution in [1.29, 1.82) is 0 Å². The Morgan fingerprint density at radius 1 is 1.42 bits per heavy atom. The van der Waals surface area contributed by atoms with Gasteiger partial charge in [-0.25, -0.2) is 0 Å². The summed E-state index contributed by atoms with van der Waals surface area (Å²) in [6.07, 6.45) is 10.3. The largest absolute Gasteiger partial charge is 0.462 e. The van der Waals surface area contributed by atoms with Gasteiger partial charge in [0.25, 0.3) is 0 Å². The SMILES string of the molecule is C=C[C@@]12C[C@@H]3OC(=O)[C@H](CCC=C(C)C)[C@@H]3[C@@]1(C)CCC[C@@H]2OCOC. The lowest BCUT2D eigenvalue weighted by atomic mass is 9.53. The van der Waals surface area contributed by atoms with Gasteiger partial charge in [-0.1, -0.05) is 31.1 Å². The molecular weight excluding hydrogens is 328 g/mol. The summed E-state index contributed by atoms with van der Waals surface area (Å²) < 4.78 is 17.2. The minimum absolute atomic E-state index is 0.000904. The van der Waals surface area contributed by atoms with Crippen molar-refractivity contribution < 1.29 is 19.0 Å². The fraction of sp³-hybridized carbons (Fsp3) is 0.773. The lowest BCUT2D eigenvalue weighted by Gasteiger charge is -2.53. The third kappa shape index (κ3) is 2.95. The smallest absolute Gasteiger partial charge is 0.309 e. The quantitative estimate of drug-likeness (QED) is 0.376. The van der Waals surface area contributed by atoms with E-state index >= 15 is 0 Å². The van der Waals surface area contributed by atoms with Gasteiger partial charge in [0.05, 0.1) is 12.0 Å². The van der Waals surface area contributed by atoms with Crippen LogP contribution in [0.5, 0.6) is 0 Å². The average Bonchev–Trinajstić information content (AvgIpc) is 3.03. The van der Waals surface area contributed by atoms with Gasteiger partial charge >= 0.3 is 5.97 Å². The first-order chi connectivity index (χ1) is 12.4. The molecule has 3 aliphatic rings. The summed E-state index contributed by atoms with van der Waals surface area (Å²) in [5.41, 5.74) is 1.14. The molecular formula is C22H34O4. The summed E-state index contributed by atoms with van der Waals surface area (Å²) in [4.78, 5) is 12.6. The van der Waals surface area contributed by atoms with Crippen LogP contribution in [0.25, 0.3) is 0 Å². The fourth-order valence-electron chi connectivity index (χ4n) is 6.10. The highest BCUT2D eigenvalue weighted by Crippen LogP contribution is 2.68. The first-order valence-electron chi connectivity index (χ1n) is 9.97. The number of carbonyl (C=O) groups excluding carboxylic acids is 1. The van der Waals surface area contributed by atoms with Crippen molar-refractivity contribution in [3.05, 3.63) is 24.3 Å². The van der Waals surface area contributed by atoms with Crippen molar-refractivity contribution in [2.75, 3.05) is 13.9 Å². The van der Waals surface area contributed by atoms with E-state index in [1.54, 1.807) is 7.11 Å². The molecule has 1 saturated heterocycles. The van der Waals surface area contributed by atoms with Gasteiger partial charge < -0.3 is 14.2 Å². The fourth-order valence-corrected chi connectivity index (χ4v) is 6.10. The molecule has 0 amide bonds. The summed E-state index contributed by atoms with van der Waals surface area (Å²) in [5, 5.41) is 0. The van der Waals surface area contributed by atoms with E-state index in [2.05, 4.69) is 39.5 Å². The zero-order valence-electron chi connectivity index (χ0n) is 16.8. The van der Waals surface area contributed by atoms with Gasteiger partial charge in [0.1, 0.15) is 12.9 Å². The minimum atomic E-state index is -0.144. The van der Waals surface area contributed by atoms with Crippen LogP contribution in [0.3, 0.4) is 0 Å². The molecule has 3 rings (SSSR count). The molecule has 0 aromatic carbocycles. The van der Waals surface area contributed by atoms with Crippen LogP contribution in [-0.4, -0.2) is 32.1 Å². The molecule has 4 heteroatoms. The van der Waals surface area contributed by atoms with Crippen molar-refractivity contribution >= 4 is 5.97 Å². The Labute approximate surface area is 158 Å². The lowest BCUT2D eigenvalue weighted by molar-refractivity contribution is -0.163. The number of allylic oxidation sites excluding steroid dienone is 2. The van der Waals surface area contributed by atoms with Gasteiger partial charge in [0, 0.05) is 18.4 Å². The number of methoxy groups -OCH3 is 1. The standard InChI is InChI=1S/C22H34O4/c1-6-22-13-17-19(16(20(23)26-17)10-7-9-15(2)3)21(22,4)12-8-11-18(22)25-14-24-5/h6,9,16-19H,1,7-8,10-14H2,2-5H3/t16-,17+,18+,19+,21-,22+/m1/s1. The van der Waals surface area contributed by atoms with E-state index in [1.807, 2.05) is 0 Å². The number of hydrogen-bond acceptors (Lipinski definition) is 4. The zero-order chi connectivity index (χ0) is 18.9. The molecule has 2 aliphatic carbocycles. The topological polar surface area (TPSA) is 44.8 Å². The molecule has 2 saturated carbocycles. The molecule has 0 spiro atoms. The van der Waals surface area contributed by atoms with E-state index in [4.69, 9.17) is 14.2 Å². The van der Waals surface area contributed by atoms with Crippen molar-refractivity contribution in [2.24, 2.45) is 22.7 Å². The number of esters is 1. The van der Waals surface area contributed by atoms with Crippen LogP contribution in [0, 0.1) is 22.7 Å². The third-order valence-electron chi connectivity index (χ3n) is 7.26. The van der Waals surface area contributed by atoms with Crippen LogP contribution in [0.15, 0.2) is 24.3 Å². The molecule has 146 valence electrons. The van der Waals surface area contributed by atoms with Gasteiger partial charge in [-0.3, -0.25) is 4.79 Å². The average molecular weight is 363 g/mol. The lowest BCUT2D eigenvalue weighted by Crippen LogP contribution is -2.51. The molecule has 0 bridgehead atoms. The second kappa shape index (κ2) is 7.47. The number of rotatable bonds is 7. The van der Waals surface area contributed by atoms with Crippen molar-refractivity contribution in [3.63, 3.8) is 0 Å². The summed E-state index contributed by atoms with van der Waals surface area (Å²) >= 11 is 0. The molecule has 0 radical (unpaired) electrons. The van der Waals surface area contributed by atoms with E-state index in [0.29, 0.717) is 6.79 Å². The number of carbonyl (C=O) groups is 1.